The SMILES string of the molecule is CCCCO[PH](=O)[O-].CCCCO[PH](=O)[O-].CCCCO[PH](=O)[O-].[Fe+3]. The quantitative estimate of drug-likeness (QED) is 0.237. The standard InChI is InChI=1S/3C4H11O3P.Fe/c3*1-2-3-4-7-8(5)6;/h3*8H,2-4H2,1H3,(H,5,6);/q;;;+3/p-3. The number of unbranched alkanes of at least 4 members (excludes halogenated alkanes) is 3. The minimum Gasteiger partial charge on any atom is -0.781 e. The molecule has 9 nitrogen and oxygen atoms in total. The van der Waals surface area contributed by atoms with Crippen LogP contribution in [0.15, 0.2) is 0 Å². The predicted octanol–water partition coefficient (Wildman–Crippen LogP) is 1.66. The summed E-state index contributed by atoms with van der Waals surface area (Å²) in [4.78, 5) is 29.2. The fourth-order valence-corrected chi connectivity index (χ4v) is 1.83. The summed E-state index contributed by atoms with van der Waals surface area (Å²) in [5, 5.41) is 0. The third kappa shape index (κ3) is 51.7. The summed E-state index contributed by atoms with van der Waals surface area (Å²) in [6.07, 6.45) is 5.36. The number of hydrogen-bond donors (Lipinski definition) is 0. The Bertz CT molecular complexity index is 275. The smallest absolute Gasteiger partial charge is 0.781 e. The van der Waals surface area contributed by atoms with Gasteiger partial charge in [0.25, 0.3) is 0 Å². The summed E-state index contributed by atoms with van der Waals surface area (Å²) in [6.45, 7) is 6.97. The molecule has 0 saturated carbocycles. The van der Waals surface area contributed by atoms with E-state index >= 15 is 0 Å². The Kier molecular flexibility index (Phi) is 39.9. The monoisotopic (exact) mass is 467 g/mol. The first-order valence-corrected chi connectivity index (χ1v) is 11.5. The van der Waals surface area contributed by atoms with Crippen molar-refractivity contribution in [2.45, 2.75) is 59.3 Å². The van der Waals surface area contributed by atoms with E-state index in [9.17, 15) is 28.4 Å². The van der Waals surface area contributed by atoms with Crippen LogP contribution in [0.3, 0.4) is 0 Å². The fourth-order valence-electron chi connectivity index (χ4n) is 0.900. The van der Waals surface area contributed by atoms with Crippen LogP contribution in [0.1, 0.15) is 59.3 Å². The minimum atomic E-state index is -2.91. The summed E-state index contributed by atoms with van der Waals surface area (Å²) < 4.78 is 42.0. The second kappa shape index (κ2) is 29.7. The van der Waals surface area contributed by atoms with Crippen molar-refractivity contribution in [1.29, 1.82) is 0 Å². The van der Waals surface area contributed by atoms with E-state index in [-0.39, 0.29) is 17.1 Å². The molecule has 3 atom stereocenters. The van der Waals surface area contributed by atoms with Crippen LogP contribution >= 0.6 is 24.8 Å². The average molecular weight is 467 g/mol. The van der Waals surface area contributed by atoms with Gasteiger partial charge in [-0.05, 0) is 19.3 Å². The second-order valence-corrected chi connectivity index (χ2v) is 6.72. The molecule has 0 heterocycles. The van der Waals surface area contributed by atoms with Gasteiger partial charge in [-0.2, -0.15) is 0 Å². The molecule has 0 saturated heterocycles. The molecule has 0 aromatic carbocycles. The van der Waals surface area contributed by atoms with Crippen molar-refractivity contribution in [1.82, 2.24) is 0 Å². The van der Waals surface area contributed by atoms with Crippen LogP contribution in [0, 0.1) is 0 Å². The molecule has 0 aliphatic rings. The van der Waals surface area contributed by atoms with Gasteiger partial charge in [0, 0.05) is 0 Å². The van der Waals surface area contributed by atoms with Crippen molar-refractivity contribution in [3.63, 3.8) is 0 Å². The average Bonchev–Trinajstić information content (AvgIpc) is 2.48. The van der Waals surface area contributed by atoms with Crippen LogP contribution in [0.4, 0.5) is 0 Å². The van der Waals surface area contributed by atoms with Gasteiger partial charge in [-0.25, -0.2) is 0 Å². The second-order valence-electron chi connectivity index (χ2n) is 4.36. The molecule has 0 aliphatic carbocycles. The molecular weight excluding hydrogens is 437 g/mol. The first kappa shape index (κ1) is 33.5. The van der Waals surface area contributed by atoms with Gasteiger partial charge in [-0.3, -0.25) is 0 Å². The van der Waals surface area contributed by atoms with Crippen LogP contribution < -0.4 is 14.7 Å². The van der Waals surface area contributed by atoms with E-state index < -0.39 is 24.8 Å². The Morgan fingerprint density at radius 2 is 0.800 bits per heavy atom. The van der Waals surface area contributed by atoms with Gasteiger partial charge in [-0.15, -0.1) is 0 Å². The molecule has 0 fully saturated rings. The number of hydrogen-bond acceptors (Lipinski definition) is 9. The van der Waals surface area contributed by atoms with Gasteiger partial charge < -0.3 is 41.9 Å². The first-order valence-electron chi connectivity index (χ1n) is 7.82. The molecule has 0 N–H and O–H groups in total. The molecule has 0 aromatic rings. The Balaban J connectivity index is -0.000000130. The molecule has 0 rings (SSSR count). The van der Waals surface area contributed by atoms with Crippen molar-refractivity contribution in [3.8, 4) is 0 Å². The van der Waals surface area contributed by atoms with Crippen molar-refractivity contribution < 1.29 is 59.0 Å². The van der Waals surface area contributed by atoms with Crippen molar-refractivity contribution in [2.24, 2.45) is 0 Å². The van der Waals surface area contributed by atoms with Crippen molar-refractivity contribution >= 4 is 24.8 Å². The molecular formula is C12H30FeO9P3. The van der Waals surface area contributed by atoms with E-state index in [0.29, 0.717) is 19.8 Å². The Labute approximate surface area is 163 Å². The summed E-state index contributed by atoms with van der Waals surface area (Å²) >= 11 is 0. The zero-order chi connectivity index (χ0) is 19.2. The van der Waals surface area contributed by atoms with E-state index in [1.165, 1.54) is 0 Å². The molecule has 0 bridgehead atoms. The zero-order valence-electron chi connectivity index (χ0n) is 14.9. The first-order chi connectivity index (χ1) is 11.3. The number of rotatable bonds is 12. The minimum absolute atomic E-state index is 0. The van der Waals surface area contributed by atoms with E-state index in [0.717, 1.165) is 38.5 Å². The van der Waals surface area contributed by atoms with Gasteiger partial charge in [0.1, 0.15) is 24.8 Å². The third-order valence-electron chi connectivity index (χ3n) is 2.15. The Morgan fingerprint density at radius 1 is 0.600 bits per heavy atom. The van der Waals surface area contributed by atoms with E-state index in [4.69, 9.17) is 0 Å². The van der Waals surface area contributed by atoms with Crippen LogP contribution in [0.5, 0.6) is 0 Å². The summed E-state index contributed by atoms with van der Waals surface area (Å²) in [5.41, 5.74) is 0. The van der Waals surface area contributed by atoms with E-state index in [1.807, 2.05) is 20.8 Å². The van der Waals surface area contributed by atoms with E-state index in [1.54, 1.807) is 0 Å². The third-order valence-corrected chi connectivity index (χ3v) is 3.47. The van der Waals surface area contributed by atoms with Gasteiger partial charge in [-0.1, -0.05) is 40.0 Å². The van der Waals surface area contributed by atoms with Crippen LogP contribution in [-0.2, 0) is 44.3 Å². The molecule has 25 heavy (non-hydrogen) atoms. The molecule has 0 aromatic heterocycles. The molecule has 0 aliphatic heterocycles. The Morgan fingerprint density at radius 3 is 0.920 bits per heavy atom. The maximum atomic E-state index is 9.73. The van der Waals surface area contributed by atoms with Gasteiger partial charge in [0.05, 0.1) is 19.8 Å². The molecule has 0 spiro atoms. The predicted molar refractivity (Wildman–Crippen MR) is 89.6 cm³/mol. The Hall–Kier alpha value is 0.969. The molecule has 13 heteroatoms. The van der Waals surface area contributed by atoms with Gasteiger partial charge >= 0.3 is 17.1 Å². The maximum Gasteiger partial charge on any atom is 3.00 e. The molecule has 155 valence electrons. The van der Waals surface area contributed by atoms with Crippen LogP contribution in [0.2, 0.25) is 0 Å². The summed E-state index contributed by atoms with van der Waals surface area (Å²) in [7, 11) is -8.72. The molecule has 3 unspecified atom stereocenters. The zero-order valence-corrected chi connectivity index (χ0v) is 19.0. The van der Waals surface area contributed by atoms with Gasteiger partial charge in [0.15, 0.2) is 0 Å². The van der Waals surface area contributed by atoms with Crippen LogP contribution in [-0.4, -0.2) is 19.8 Å². The topological polar surface area (TPSA) is 148 Å². The van der Waals surface area contributed by atoms with E-state index in [2.05, 4.69) is 13.6 Å². The van der Waals surface area contributed by atoms with Gasteiger partial charge in [0.2, 0.25) is 0 Å². The maximum absolute atomic E-state index is 9.73. The molecule has 1 radical (unpaired) electrons. The molecule has 0 amide bonds. The van der Waals surface area contributed by atoms with Crippen LogP contribution in [0.25, 0.3) is 0 Å². The van der Waals surface area contributed by atoms with Crippen molar-refractivity contribution in [2.75, 3.05) is 19.8 Å². The fraction of sp³-hybridized carbons (Fsp3) is 1.00. The van der Waals surface area contributed by atoms with Crippen molar-refractivity contribution in [3.05, 3.63) is 0 Å². The largest absolute Gasteiger partial charge is 3.00 e. The normalized spacial score (nSPS) is 13.2. The summed E-state index contributed by atoms with van der Waals surface area (Å²) in [5.74, 6) is 0. The summed E-state index contributed by atoms with van der Waals surface area (Å²) in [6, 6.07) is 0.